The highest BCUT2D eigenvalue weighted by molar-refractivity contribution is 7.99. The lowest BCUT2D eigenvalue weighted by molar-refractivity contribution is -0.113. The van der Waals surface area contributed by atoms with E-state index < -0.39 is 0 Å². The number of aryl methyl sites for hydroxylation is 1. The predicted molar refractivity (Wildman–Crippen MR) is 106 cm³/mol. The molecular weight excluding hydrogens is 362 g/mol. The van der Waals surface area contributed by atoms with E-state index in [0.29, 0.717) is 16.6 Å². The highest BCUT2D eigenvalue weighted by Crippen LogP contribution is 2.15. The van der Waals surface area contributed by atoms with E-state index in [1.165, 1.54) is 17.8 Å². The summed E-state index contributed by atoms with van der Waals surface area (Å²) in [5.74, 6) is 0.672. The molecule has 1 aromatic heterocycles. The van der Waals surface area contributed by atoms with Crippen molar-refractivity contribution in [3.05, 3.63) is 82.3 Å². The normalized spacial score (nSPS) is 10.4. The second kappa shape index (κ2) is 9.05. The topological polar surface area (TPSA) is 84.1 Å². The van der Waals surface area contributed by atoms with Gasteiger partial charge in [-0.25, -0.2) is 4.98 Å². The van der Waals surface area contributed by atoms with Gasteiger partial charge in [0.1, 0.15) is 12.4 Å². The molecule has 7 heteroatoms. The zero-order valence-corrected chi connectivity index (χ0v) is 15.6. The monoisotopic (exact) mass is 381 g/mol. The molecule has 3 aromatic rings. The van der Waals surface area contributed by atoms with E-state index in [9.17, 15) is 9.59 Å². The minimum atomic E-state index is -0.279. The van der Waals surface area contributed by atoms with Crippen molar-refractivity contribution in [3.63, 3.8) is 0 Å². The number of H-pyrrole nitrogens is 1. The highest BCUT2D eigenvalue weighted by Gasteiger charge is 2.08. The molecule has 0 bridgehead atoms. The molecule has 27 heavy (non-hydrogen) atoms. The van der Waals surface area contributed by atoms with Crippen molar-refractivity contribution in [2.24, 2.45) is 0 Å². The van der Waals surface area contributed by atoms with Crippen LogP contribution in [0.4, 0.5) is 5.69 Å². The lowest BCUT2D eigenvalue weighted by Gasteiger charge is -2.07. The fourth-order valence-corrected chi connectivity index (χ4v) is 3.05. The molecule has 0 aliphatic carbocycles. The maximum Gasteiger partial charge on any atom is 0.251 e. The molecule has 3 rings (SSSR count). The Morgan fingerprint density at radius 1 is 1.15 bits per heavy atom. The molecule has 0 unspecified atom stereocenters. The van der Waals surface area contributed by atoms with Crippen LogP contribution in [0, 0.1) is 6.92 Å². The fraction of sp³-hybridized carbons (Fsp3) is 0.150. The molecule has 0 saturated heterocycles. The third-order valence-electron chi connectivity index (χ3n) is 3.54. The molecule has 0 radical (unpaired) electrons. The molecule has 0 aliphatic heterocycles. The minimum Gasteiger partial charge on any atom is -0.487 e. The molecule has 0 saturated carbocycles. The van der Waals surface area contributed by atoms with Crippen LogP contribution in [0.1, 0.15) is 11.3 Å². The number of carbonyl (C=O) groups excluding carboxylic acids is 1. The van der Waals surface area contributed by atoms with Gasteiger partial charge in [0, 0.05) is 11.8 Å². The molecule has 0 fully saturated rings. The molecule has 2 aromatic carbocycles. The Bertz CT molecular complexity index is 973. The van der Waals surface area contributed by atoms with Gasteiger partial charge in [0.05, 0.1) is 11.4 Å². The maximum absolute atomic E-state index is 12.1. The fourth-order valence-electron chi connectivity index (χ4n) is 2.35. The van der Waals surface area contributed by atoms with E-state index in [1.54, 1.807) is 0 Å². The number of nitrogens with one attached hydrogen (secondary N) is 2. The lowest BCUT2D eigenvalue weighted by Crippen LogP contribution is -2.16. The van der Waals surface area contributed by atoms with Crippen LogP contribution in [0.3, 0.4) is 0 Å². The van der Waals surface area contributed by atoms with Crippen LogP contribution in [0.25, 0.3) is 0 Å². The van der Waals surface area contributed by atoms with Crippen molar-refractivity contribution in [3.8, 4) is 5.75 Å². The minimum absolute atomic E-state index is 0.139. The summed E-state index contributed by atoms with van der Waals surface area (Å²) in [5, 5.41) is 3.21. The number of thioether (sulfide) groups is 1. The second-order valence-corrected chi connectivity index (χ2v) is 6.81. The predicted octanol–water partition coefficient (Wildman–Crippen LogP) is 3.39. The molecule has 0 atom stereocenters. The van der Waals surface area contributed by atoms with E-state index in [4.69, 9.17) is 4.74 Å². The van der Waals surface area contributed by atoms with Crippen molar-refractivity contribution in [1.82, 2.24) is 9.97 Å². The summed E-state index contributed by atoms with van der Waals surface area (Å²) in [7, 11) is 0. The quantitative estimate of drug-likeness (QED) is 0.484. The Kier molecular flexibility index (Phi) is 6.27. The first kappa shape index (κ1) is 18.7. The Morgan fingerprint density at radius 2 is 1.96 bits per heavy atom. The summed E-state index contributed by atoms with van der Waals surface area (Å²) in [5.41, 5.74) is 2.03. The molecule has 138 valence electrons. The number of amides is 1. The lowest BCUT2D eigenvalue weighted by atomic mass is 10.2. The number of hydrogen-bond donors (Lipinski definition) is 2. The van der Waals surface area contributed by atoms with Gasteiger partial charge in [-0.3, -0.25) is 9.59 Å². The summed E-state index contributed by atoms with van der Waals surface area (Å²) < 4.78 is 5.61. The van der Waals surface area contributed by atoms with Crippen molar-refractivity contribution >= 4 is 23.4 Å². The Hall–Kier alpha value is -3.06. The summed E-state index contributed by atoms with van der Waals surface area (Å²) >= 11 is 1.17. The Morgan fingerprint density at radius 3 is 2.74 bits per heavy atom. The smallest absolute Gasteiger partial charge is 0.251 e. The first-order valence-electron chi connectivity index (χ1n) is 8.36. The molecule has 6 nitrogen and oxygen atoms in total. The first-order chi connectivity index (χ1) is 13.1. The van der Waals surface area contributed by atoms with Gasteiger partial charge >= 0.3 is 0 Å². The Balaban J connectivity index is 1.57. The number of hydrogen-bond acceptors (Lipinski definition) is 5. The van der Waals surface area contributed by atoms with Gasteiger partial charge in [0.15, 0.2) is 5.16 Å². The molecule has 0 aliphatic rings. The summed E-state index contributed by atoms with van der Waals surface area (Å²) in [6.45, 7) is 2.14. The number of benzene rings is 2. The van der Waals surface area contributed by atoms with Crippen LogP contribution in [0.5, 0.6) is 5.75 Å². The number of anilines is 1. The zero-order valence-electron chi connectivity index (χ0n) is 14.8. The third kappa shape index (κ3) is 6.00. The SMILES string of the molecule is Cc1cccc(NC(=O)CSc2nc(COc3ccccc3)cc(=O)[nH]2)c1. The van der Waals surface area contributed by atoms with E-state index in [2.05, 4.69) is 15.3 Å². The number of ether oxygens (including phenoxy) is 1. The van der Waals surface area contributed by atoms with E-state index in [0.717, 1.165) is 11.3 Å². The maximum atomic E-state index is 12.1. The Labute approximate surface area is 161 Å². The van der Waals surface area contributed by atoms with Gasteiger partial charge in [-0.05, 0) is 36.8 Å². The van der Waals surface area contributed by atoms with Crippen molar-refractivity contribution in [1.29, 1.82) is 0 Å². The van der Waals surface area contributed by atoms with Crippen LogP contribution in [-0.2, 0) is 11.4 Å². The van der Waals surface area contributed by atoms with Gasteiger partial charge in [0.25, 0.3) is 5.56 Å². The number of para-hydroxylation sites is 1. The number of aromatic amines is 1. The van der Waals surface area contributed by atoms with Gasteiger partial charge in [-0.15, -0.1) is 0 Å². The van der Waals surface area contributed by atoms with Gasteiger partial charge in [0.2, 0.25) is 5.91 Å². The largest absolute Gasteiger partial charge is 0.487 e. The zero-order chi connectivity index (χ0) is 19.1. The highest BCUT2D eigenvalue weighted by atomic mass is 32.2. The molecule has 2 N–H and O–H groups in total. The van der Waals surface area contributed by atoms with Crippen LogP contribution in [0.15, 0.2) is 70.6 Å². The van der Waals surface area contributed by atoms with Crippen LogP contribution in [0.2, 0.25) is 0 Å². The third-order valence-corrected chi connectivity index (χ3v) is 4.42. The van der Waals surface area contributed by atoms with E-state index >= 15 is 0 Å². The first-order valence-corrected chi connectivity index (χ1v) is 9.34. The number of aromatic nitrogens is 2. The summed E-state index contributed by atoms with van der Waals surface area (Å²) in [4.78, 5) is 30.9. The van der Waals surface area contributed by atoms with Crippen molar-refractivity contribution in [2.45, 2.75) is 18.7 Å². The van der Waals surface area contributed by atoms with Gasteiger partial charge in [-0.2, -0.15) is 0 Å². The number of rotatable bonds is 7. The molecule has 1 heterocycles. The average molecular weight is 381 g/mol. The average Bonchev–Trinajstić information content (AvgIpc) is 2.65. The number of carbonyl (C=O) groups is 1. The molecule has 0 spiro atoms. The molecule has 1 amide bonds. The van der Waals surface area contributed by atoms with Crippen LogP contribution < -0.4 is 15.6 Å². The second-order valence-electron chi connectivity index (χ2n) is 5.85. The van der Waals surface area contributed by atoms with Crippen LogP contribution in [-0.4, -0.2) is 21.6 Å². The van der Waals surface area contributed by atoms with Gasteiger partial charge < -0.3 is 15.0 Å². The van der Waals surface area contributed by atoms with E-state index in [1.807, 2.05) is 61.5 Å². The van der Waals surface area contributed by atoms with Crippen LogP contribution >= 0.6 is 11.8 Å². The van der Waals surface area contributed by atoms with E-state index in [-0.39, 0.29) is 23.8 Å². The summed E-state index contributed by atoms with van der Waals surface area (Å²) in [6.07, 6.45) is 0. The summed E-state index contributed by atoms with van der Waals surface area (Å²) in [6, 6.07) is 18.3. The molecular formula is C20H19N3O3S. The van der Waals surface area contributed by atoms with Gasteiger partial charge in [-0.1, -0.05) is 42.1 Å². The standard InChI is InChI=1S/C20H19N3O3S/c1-14-6-5-7-15(10-14)21-19(25)13-27-20-22-16(11-18(24)23-20)12-26-17-8-3-2-4-9-17/h2-11H,12-13H2,1H3,(H,21,25)(H,22,23,24). The van der Waals surface area contributed by atoms with Crippen molar-refractivity contribution in [2.75, 3.05) is 11.1 Å². The van der Waals surface area contributed by atoms with Crippen molar-refractivity contribution < 1.29 is 9.53 Å². The number of nitrogens with zero attached hydrogens (tertiary/aromatic N) is 1.